The lowest BCUT2D eigenvalue weighted by molar-refractivity contribution is 0.590. The van der Waals surface area contributed by atoms with Gasteiger partial charge in [0.15, 0.2) is 0 Å². The minimum atomic E-state index is 0.0148. The lowest BCUT2D eigenvalue weighted by atomic mass is 9.85. The Labute approximate surface area is 254 Å². The molecule has 0 aliphatic rings. The molecule has 0 fully saturated rings. The number of hydrogen-bond donors (Lipinski definition) is 0. The van der Waals surface area contributed by atoms with Crippen molar-refractivity contribution in [1.82, 2.24) is 4.57 Å². The zero-order valence-corrected chi connectivity index (χ0v) is 26.1. The molecule has 0 bridgehead atoms. The molecule has 8 aromatic rings. The molecule has 4 heteroatoms. The van der Waals surface area contributed by atoms with Crippen LogP contribution >= 0.6 is 11.3 Å². The fraction of sp³-hybridized carbons (Fsp3) is 0.205. The molecule has 0 radical (unpaired) electrons. The van der Waals surface area contributed by atoms with Crippen molar-refractivity contribution in [1.29, 1.82) is 0 Å². The molecule has 0 spiro atoms. The second kappa shape index (κ2) is 8.81. The average molecular weight is 580 g/mol. The molecule has 0 amide bonds. The molecular weight excluding hydrogens is 547 g/mol. The predicted octanol–water partition coefficient (Wildman–Crippen LogP) is 11.0. The van der Waals surface area contributed by atoms with Gasteiger partial charge in [-0.2, -0.15) is 0 Å². The van der Waals surface area contributed by atoms with Crippen LogP contribution in [0.15, 0.2) is 100 Å². The first kappa shape index (κ1) is 26.2. The van der Waals surface area contributed by atoms with Gasteiger partial charge >= 0.3 is 0 Å². The molecular formula is C39H33NO2S. The Kier molecular flexibility index (Phi) is 5.37. The van der Waals surface area contributed by atoms with Gasteiger partial charge in [-0.25, -0.2) is 0 Å². The van der Waals surface area contributed by atoms with Crippen LogP contribution in [0.25, 0.3) is 69.6 Å². The molecule has 3 heterocycles. The normalized spacial score (nSPS) is 13.0. The predicted molar refractivity (Wildman–Crippen MR) is 185 cm³/mol. The van der Waals surface area contributed by atoms with E-state index in [0.717, 1.165) is 21.2 Å². The maximum Gasteiger partial charge on any atom is 0.200 e. The van der Waals surface area contributed by atoms with Crippen LogP contribution in [0, 0.1) is 0 Å². The number of aromatic nitrogens is 1. The Balaban J connectivity index is 1.46. The highest BCUT2D eigenvalue weighted by molar-refractivity contribution is 7.26. The SMILES string of the molecule is CC(C)(C)c1ccc2c(c1)c1cc(C(C)(C)C)ccc1n2-c1cccc2c1sc1cc3oc4ccccc4c(=O)c3cc12. The van der Waals surface area contributed by atoms with E-state index in [0.29, 0.717) is 21.9 Å². The second-order valence-electron chi connectivity index (χ2n) is 13.8. The van der Waals surface area contributed by atoms with Crippen molar-refractivity contribution in [2.45, 2.75) is 52.4 Å². The summed E-state index contributed by atoms with van der Waals surface area (Å²) in [7, 11) is 0. The first-order valence-corrected chi connectivity index (χ1v) is 15.7. The summed E-state index contributed by atoms with van der Waals surface area (Å²) >= 11 is 1.76. The van der Waals surface area contributed by atoms with Crippen LogP contribution in [-0.2, 0) is 10.8 Å². The fourth-order valence-electron chi connectivity index (χ4n) is 6.47. The summed E-state index contributed by atoms with van der Waals surface area (Å²) in [5.41, 5.74) is 7.58. The van der Waals surface area contributed by atoms with Crippen LogP contribution in [0.4, 0.5) is 0 Å². The summed E-state index contributed by atoms with van der Waals surface area (Å²) in [5, 5.41) is 6.03. The smallest absolute Gasteiger partial charge is 0.200 e. The minimum absolute atomic E-state index is 0.0148. The Bertz CT molecular complexity index is 2420. The molecule has 0 saturated heterocycles. The van der Waals surface area contributed by atoms with Gasteiger partial charge in [-0.1, -0.05) is 77.9 Å². The van der Waals surface area contributed by atoms with Crippen molar-refractivity contribution in [3.8, 4) is 5.69 Å². The molecule has 0 aliphatic heterocycles. The van der Waals surface area contributed by atoms with Gasteiger partial charge in [0.2, 0.25) is 5.43 Å². The van der Waals surface area contributed by atoms with Crippen LogP contribution < -0.4 is 5.43 Å². The minimum Gasteiger partial charge on any atom is -0.456 e. The second-order valence-corrected chi connectivity index (χ2v) is 14.9. The third-order valence-corrected chi connectivity index (χ3v) is 10.1. The average Bonchev–Trinajstić information content (AvgIpc) is 3.50. The molecule has 0 atom stereocenters. The lowest BCUT2D eigenvalue weighted by Crippen LogP contribution is -2.10. The number of rotatable bonds is 1. The van der Waals surface area contributed by atoms with E-state index in [-0.39, 0.29) is 16.3 Å². The maximum atomic E-state index is 13.5. The summed E-state index contributed by atoms with van der Waals surface area (Å²) in [6, 6.07) is 32.0. The highest BCUT2D eigenvalue weighted by Gasteiger charge is 2.22. The Morgan fingerprint density at radius 1 is 0.581 bits per heavy atom. The Morgan fingerprint density at radius 2 is 1.21 bits per heavy atom. The largest absolute Gasteiger partial charge is 0.456 e. The van der Waals surface area contributed by atoms with Gasteiger partial charge in [0.25, 0.3) is 0 Å². The summed E-state index contributed by atoms with van der Waals surface area (Å²) in [4.78, 5) is 13.5. The first-order chi connectivity index (χ1) is 20.5. The molecule has 0 aliphatic carbocycles. The number of thiophene rings is 1. The van der Waals surface area contributed by atoms with Crippen LogP contribution in [0.3, 0.4) is 0 Å². The molecule has 43 heavy (non-hydrogen) atoms. The zero-order valence-electron chi connectivity index (χ0n) is 25.3. The number of para-hydroxylation sites is 1. The Hall–Kier alpha value is -4.41. The fourth-order valence-corrected chi connectivity index (χ4v) is 7.69. The monoisotopic (exact) mass is 579 g/mol. The molecule has 212 valence electrons. The van der Waals surface area contributed by atoms with Crippen molar-refractivity contribution in [3.63, 3.8) is 0 Å². The quantitative estimate of drug-likeness (QED) is 0.181. The van der Waals surface area contributed by atoms with Gasteiger partial charge in [0, 0.05) is 26.2 Å². The van der Waals surface area contributed by atoms with Gasteiger partial charge in [0.05, 0.1) is 32.2 Å². The van der Waals surface area contributed by atoms with Crippen LogP contribution in [0.2, 0.25) is 0 Å². The maximum absolute atomic E-state index is 13.5. The third kappa shape index (κ3) is 3.89. The van der Waals surface area contributed by atoms with Crippen molar-refractivity contribution in [2.24, 2.45) is 0 Å². The third-order valence-electron chi connectivity index (χ3n) is 8.91. The van der Waals surface area contributed by atoms with E-state index < -0.39 is 0 Å². The number of nitrogens with zero attached hydrogens (tertiary/aromatic N) is 1. The molecule has 5 aromatic carbocycles. The van der Waals surface area contributed by atoms with E-state index in [1.165, 1.54) is 37.6 Å². The van der Waals surface area contributed by atoms with Crippen molar-refractivity contribution in [3.05, 3.63) is 112 Å². The Morgan fingerprint density at radius 3 is 1.86 bits per heavy atom. The first-order valence-electron chi connectivity index (χ1n) is 14.9. The van der Waals surface area contributed by atoms with Crippen molar-refractivity contribution >= 4 is 75.3 Å². The molecule has 0 N–H and O–H groups in total. The highest BCUT2D eigenvalue weighted by Crippen LogP contribution is 2.43. The van der Waals surface area contributed by atoms with E-state index in [4.69, 9.17) is 4.42 Å². The van der Waals surface area contributed by atoms with E-state index in [1.807, 2.05) is 36.4 Å². The number of hydrogen-bond acceptors (Lipinski definition) is 3. The van der Waals surface area contributed by atoms with E-state index in [1.54, 1.807) is 11.3 Å². The van der Waals surface area contributed by atoms with Crippen molar-refractivity contribution < 1.29 is 4.42 Å². The lowest BCUT2D eigenvalue weighted by Gasteiger charge is -2.19. The molecule has 0 unspecified atom stereocenters. The van der Waals surface area contributed by atoms with E-state index in [2.05, 4.69) is 101 Å². The van der Waals surface area contributed by atoms with Gasteiger partial charge < -0.3 is 8.98 Å². The highest BCUT2D eigenvalue weighted by atomic mass is 32.1. The van der Waals surface area contributed by atoms with Gasteiger partial charge in [-0.05, 0) is 76.6 Å². The summed E-state index contributed by atoms with van der Waals surface area (Å²) < 4.78 is 11.0. The summed E-state index contributed by atoms with van der Waals surface area (Å²) in [5.74, 6) is 0. The molecule has 3 aromatic heterocycles. The van der Waals surface area contributed by atoms with Gasteiger partial charge in [-0.3, -0.25) is 4.79 Å². The summed E-state index contributed by atoms with van der Waals surface area (Å²) in [6.45, 7) is 13.7. The number of benzene rings is 5. The van der Waals surface area contributed by atoms with Gasteiger partial charge in [-0.15, -0.1) is 11.3 Å². The van der Waals surface area contributed by atoms with E-state index in [9.17, 15) is 4.79 Å². The molecule has 8 rings (SSSR count). The molecule has 3 nitrogen and oxygen atoms in total. The number of fused-ring (bicyclic) bond motifs is 8. The van der Waals surface area contributed by atoms with Crippen molar-refractivity contribution in [2.75, 3.05) is 0 Å². The van der Waals surface area contributed by atoms with E-state index >= 15 is 0 Å². The van der Waals surface area contributed by atoms with Crippen LogP contribution in [-0.4, -0.2) is 4.57 Å². The zero-order chi connectivity index (χ0) is 29.8. The van der Waals surface area contributed by atoms with Crippen LogP contribution in [0.5, 0.6) is 0 Å². The van der Waals surface area contributed by atoms with Gasteiger partial charge in [0.1, 0.15) is 11.2 Å². The topological polar surface area (TPSA) is 35.1 Å². The summed E-state index contributed by atoms with van der Waals surface area (Å²) in [6.07, 6.45) is 0. The van der Waals surface area contributed by atoms with Crippen LogP contribution in [0.1, 0.15) is 52.7 Å². The standard InChI is InChI=1S/C39H33NO2S/c1-38(2,3)22-14-16-30-26(18-22)27-19-23(39(4,5)6)15-17-31(27)40(30)32-12-9-11-24-28-20-29-34(21-35(28)43-37(24)32)42-33-13-8-7-10-25(33)36(29)41/h7-21H,1-6H3. The molecule has 0 saturated carbocycles.